The number of halogens is 1. The van der Waals surface area contributed by atoms with E-state index in [1.807, 2.05) is 20.8 Å². The van der Waals surface area contributed by atoms with Gasteiger partial charge in [-0.15, -0.1) is 0 Å². The smallest absolute Gasteiger partial charge is 0.234 e. The monoisotopic (exact) mass is 193 g/mol. The van der Waals surface area contributed by atoms with E-state index in [1.165, 1.54) is 12.1 Å². The molecule has 0 radical (unpaired) electrons. The van der Waals surface area contributed by atoms with Crippen LogP contribution in [0, 0.1) is 12.7 Å². The fraction of sp³-hybridized carbons (Fsp3) is 0.364. The first-order valence-electron chi connectivity index (χ1n) is 4.55. The molecular formula is C11H12FNO. The van der Waals surface area contributed by atoms with Gasteiger partial charge in [-0.1, -0.05) is 0 Å². The quantitative estimate of drug-likeness (QED) is 0.673. The molecule has 1 N–H and O–H groups in total. The number of carbonyl (C=O) groups excluding carboxylic acids is 1. The molecule has 0 fully saturated rings. The lowest BCUT2D eigenvalue weighted by molar-refractivity contribution is -0.119. The number of rotatable bonds is 0. The van der Waals surface area contributed by atoms with E-state index in [1.54, 1.807) is 0 Å². The summed E-state index contributed by atoms with van der Waals surface area (Å²) < 4.78 is 13.1. The largest absolute Gasteiger partial charge is 0.325 e. The molecule has 14 heavy (non-hydrogen) atoms. The molecule has 3 heteroatoms. The van der Waals surface area contributed by atoms with Gasteiger partial charge in [0, 0.05) is 5.69 Å². The predicted molar refractivity (Wildman–Crippen MR) is 52.8 cm³/mol. The van der Waals surface area contributed by atoms with Crippen molar-refractivity contribution in [2.75, 3.05) is 5.32 Å². The maximum absolute atomic E-state index is 13.1. The van der Waals surface area contributed by atoms with E-state index in [2.05, 4.69) is 5.32 Å². The van der Waals surface area contributed by atoms with Crippen LogP contribution in [0.25, 0.3) is 0 Å². The fourth-order valence-electron chi connectivity index (χ4n) is 2.06. The van der Waals surface area contributed by atoms with E-state index in [0.29, 0.717) is 5.69 Å². The fourth-order valence-corrected chi connectivity index (χ4v) is 2.06. The van der Waals surface area contributed by atoms with Crippen molar-refractivity contribution >= 4 is 11.6 Å². The molecule has 0 spiro atoms. The molecule has 0 bridgehead atoms. The van der Waals surface area contributed by atoms with Gasteiger partial charge in [-0.05, 0) is 44.0 Å². The Labute approximate surface area is 82.1 Å². The average Bonchev–Trinajstić information content (AvgIpc) is 2.21. The van der Waals surface area contributed by atoms with Gasteiger partial charge in [0.05, 0.1) is 5.41 Å². The van der Waals surface area contributed by atoms with Crippen molar-refractivity contribution < 1.29 is 9.18 Å². The van der Waals surface area contributed by atoms with E-state index >= 15 is 0 Å². The molecule has 1 aromatic carbocycles. The molecule has 1 aliphatic rings. The Morgan fingerprint density at radius 3 is 2.64 bits per heavy atom. The number of carbonyl (C=O) groups is 1. The lowest BCUT2D eigenvalue weighted by Crippen LogP contribution is -2.27. The topological polar surface area (TPSA) is 29.1 Å². The van der Waals surface area contributed by atoms with Crippen LogP contribution in [0.15, 0.2) is 12.1 Å². The highest BCUT2D eigenvalue weighted by molar-refractivity contribution is 6.06. The molecule has 1 heterocycles. The number of amides is 1. The normalized spacial score (nSPS) is 17.9. The first-order valence-corrected chi connectivity index (χ1v) is 4.55. The van der Waals surface area contributed by atoms with Crippen LogP contribution in [-0.2, 0) is 10.2 Å². The van der Waals surface area contributed by atoms with Gasteiger partial charge in [0.1, 0.15) is 5.82 Å². The molecule has 2 rings (SSSR count). The molecule has 0 aliphatic carbocycles. The van der Waals surface area contributed by atoms with Gasteiger partial charge in [0.15, 0.2) is 0 Å². The molecule has 74 valence electrons. The highest BCUT2D eigenvalue weighted by Gasteiger charge is 2.39. The first kappa shape index (κ1) is 9.19. The Hall–Kier alpha value is -1.38. The first-order chi connectivity index (χ1) is 6.43. The minimum absolute atomic E-state index is 0.0683. The molecule has 0 atom stereocenters. The number of benzene rings is 1. The summed E-state index contributed by atoms with van der Waals surface area (Å²) in [6.45, 7) is 5.52. The number of nitrogens with one attached hydrogen (secondary N) is 1. The molecule has 2 nitrogen and oxygen atoms in total. The number of anilines is 1. The standard InChI is InChI=1S/C11H12FNO/c1-6-4-7(12)5-8-9(6)11(2,3)10(14)13-8/h4-5H,1-3H3,(H,13,14). The van der Waals surface area contributed by atoms with Crippen LogP contribution in [0.5, 0.6) is 0 Å². The van der Waals surface area contributed by atoms with Gasteiger partial charge in [0.25, 0.3) is 0 Å². The van der Waals surface area contributed by atoms with E-state index < -0.39 is 5.41 Å². The van der Waals surface area contributed by atoms with E-state index in [4.69, 9.17) is 0 Å². The van der Waals surface area contributed by atoms with Gasteiger partial charge >= 0.3 is 0 Å². The number of hydrogen-bond donors (Lipinski definition) is 1. The second-order valence-corrected chi connectivity index (χ2v) is 4.22. The van der Waals surface area contributed by atoms with Gasteiger partial charge in [-0.2, -0.15) is 0 Å². The summed E-state index contributed by atoms with van der Waals surface area (Å²) in [4.78, 5) is 11.6. The average molecular weight is 193 g/mol. The lowest BCUT2D eigenvalue weighted by atomic mass is 9.83. The van der Waals surface area contributed by atoms with Crippen LogP contribution < -0.4 is 5.32 Å². The summed E-state index contributed by atoms with van der Waals surface area (Å²) >= 11 is 0. The minimum Gasteiger partial charge on any atom is -0.325 e. The summed E-state index contributed by atoms with van der Waals surface area (Å²) in [5.74, 6) is -0.375. The van der Waals surface area contributed by atoms with Crippen LogP contribution in [0.1, 0.15) is 25.0 Å². The molecule has 1 aliphatic heterocycles. The zero-order valence-electron chi connectivity index (χ0n) is 8.44. The molecule has 1 amide bonds. The van der Waals surface area contributed by atoms with Crippen molar-refractivity contribution in [1.29, 1.82) is 0 Å². The van der Waals surface area contributed by atoms with Gasteiger partial charge in [-0.3, -0.25) is 4.79 Å². The SMILES string of the molecule is Cc1cc(F)cc2c1C(C)(C)C(=O)N2. The van der Waals surface area contributed by atoms with Gasteiger partial charge < -0.3 is 5.32 Å². The Balaban J connectivity index is 2.71. The molecular weight excluding hydrogens is 181 g/mol. The van der Waals surface area contributed by atoms with E-state index in [9.17, 15) is 9.18 Å². The molecule has 0 saturated carbocycles. The summed E-state index contributed by atoms with van der Waals surface area (Å²) in [5, 5.41) is 2.69. The molecule has 1 aromatic rings. The molecule has 0 unspecified atom stereocenters. The third-order valence-electron chi connectivity index (χ3n) is 2.74. The van der Waals surface area contributed by atoms with E-state index in [0.717, 1.165) is 11.1 Å². The van der Waals surface area contributed by atoms with Crippen molar-refractivity contribution in [3.63, 3.8) is 0 Å². The minimum atomic E-state index is -0.548. The molecule has 0 saturated heterocycles. The second kappa shape index (κ2) is 2.56. The predicted octanol–water partition coefficient (Wildman–Crippen LogP) is 2.36. The summed E-state index contributed by atoms with van der Waals surface area (Å²) in [6.07, 6.45) is 0. The zero-order chi connectivity index (χ0) is 10.5. The Morgan fingerprint density at radius 2 is 2.00 bits per heavy atom. The van der Waals surface area contributed by atoms with Crippen LogP contribution in [0.2, 0.25) is 0 Å². The van der Waals surface area contributed by atoms with Crippen LogP contribution in [0.4, 0.5) is 10.1 Å². The zero-order valence-corrected chi connectivity index (χ0v) is 8.44. The third kappa shape index (κ3) is 1.05. The van der Waals surface area contributed by atoms with Crippen molar-refractivity contribution in [2.24, 2.45) is 0 Å². The van der Waals surface area contributed by atoms with Crippen molar-refractivity contribution in [2.45, 2.75) is 26.2 Å². The molecule has 0 aromatic heterocycles. The summed E-state index contributed by atoms with van der Waals surface area (Å²) in [7, 11) is 0. The van der Waals surface area contributed by atoms with Crippen molar-refractivity contribution in [1.82, 2.24) is 0 Å². The maximum atomic E-state index is 13.1. The summed E-state index contributed by atoms with van der Waals surface area (Å²) in [5.41, 5.74) is 1.79. The lowest BCUT2D eigenvalue weighted by Gasteiger charge is -2.17. The van der Waals surface area contributed by atoms with Crippen molar-refractivity contribution in [3.8, 4) is 0 Å². The number of hydrogen-bond acceptors (Lipinski definition) is 1. The van der Waals surface area contributed by atoms with Gasteiger partial charge in [-0.25, -0.2) is 4.39 Å². The Bertz CT molecular complexity index is 424. The third-order valence-corrected chi connectivity index (χ3v) is 2.74. The highest BCUT2D eigenvalue weighted by Crippen LogP contribution is 2.39. The highest BCUT2D eigenvalue weighted by atomic mass is 19.1. The van der Waals surface area contributed by atoms with Gasteiger partial charge in [0.2, 0.25) is 5.91 Å². The van der Waals surface area contributed by atoms with Crippen LogP contribution in [0.3, 0.4) is 0 Å². The maximum Gasteiger partial charge on any atom is 0.234 e. The van der Waals surface area contributed by atoms with Crippen LogP contribution >= 0.6 is 0 Å². The number of fused-ring (bicyclic) bond motifs is 1. The second-order valence-electron chi connectivity index (χ2n) is 4.22. The van der Waals surface area contributed by atoms with Crippen LogP contribution in [-0.4, -0.2) is 5.91 Å². The summed E-state index contributed by atoms with van der Waals surface area (Å²) in [6, 6.07) is 2.83. The van der Waals surface area contributed by atoms with Crippen molar-refractivity contribution in [3.05, 3.63) is 29.1 Å². The Kier molecular flexibility index (Phi) is 1.68. The number of aryl methyl sites for hydroxylation is 1. The Morgan fingerprint density at radius 1 is 1.36 bits per heavy atom. The van der Waals surface area contributed by atoms with E-state index in [-0.39, 0.29) is 11.7 Å².